The lowest BCUT2D eigenvalue weighted by Crippen LogP contribution is -2.08. The van der Waals surface area contributed by atoms with E-state index >= 15 is 0 Å². The second-order valence-electron chi connectivity index (χ2n) is 3.42. The highest BCUT2D eigenvalue weighted by atomic mass is 127. The molecule has 1 aliphatic rings. The van der Waals surface area contributed by atoms with Crippen LogP contribution in [-0.4, -0.2) is 13.4 Å². The van der Waals surface area contributed by atoms with Gasteiger partial charge in [-0.25, -0.2) is 0 Å². The number of hydrogen-bond donors (Lipinski definition) is 0. The first-order chi connectivity index (χ1) is 6.79. The van der Waals surface area contributed by atoms with E-state index in [1.54, 1.807) is 7.11 Å². The van der Waals surface area contributed by atoms with Gasteiger partial charge in [-0.15, -0.1) is 0 Å². The van der Waals surface area contributed by atoms with Crippen LogP contribution in [0.3, 0.4) is 0 Å². The Bertz CT molecular complexity index is 297. The van der Waals surface area contributed by atoms with Gasteiger partial charge in [-0.1, -0.05) is 12.1 Å². The predicted molar refractivity (Wildman–Crippen MR) is 63.0 cm³/mol. The largest absolute Gasteiger partial charge is 0.356 e. The summed E-state index contributed by atoms with van der Waals surface area (Å²) in [5.74, 6) is 0. The lowest BCUT2D eigenvalue weighted by atomic mass is 10.1. The van der Waals surface area contributed by atoms with Gasteiger partial charge in [0.25, 0.3) is 0 Å². The summed E-state index contributed by atoms with van der Waals surface area (Å²) in [6.07, 6.45) is 2.25. The molecule has 1 aliphatic heterocycles. The molecule has 0 aliphatic carbocycles. The summed E-state index contributed by atoms with van der Waals surface area (Å²) >= 11 is 2.31. The molecule has 1 aromatic rings. The van der Waals surface area contributed by atoms with E-state index in [0.29, 0.717) is 0 Å². The second kappa shape index (κ2) is 4.59. The van der Waals surface area contributed by atoms with Crippen LogP contribution in [0.2, 0.25) is 0 Å². The second-order valence-corrected chi connectivity index (χ2v) is 4.66. The molecule has 1 heterocycles. The van der Waals surface area contributed by atoms with E-state index < -0.39 is 0 Å². The van der Waals surface area contributed by atoms with Crippen molar-refractivity contribution in [2.75, 3.05) is 7.11 Å². The summed E-state index contributed by atoms with van der Waals surface area (Å²) < 4.78 is 12.1. The Morgan fingerprint density at radius 2 is 2.00 bits per heavy atom. The van der Waals surface area contributed by atoms with Gasteiger partial charge >= 0.3 is 0 Å². The Hall–Kier alpha value is -0.130. The van der Waals surface area contributed by atoms with Crippen molar-refractivity contribution in [1.82, 2.24) is 0 Å². The number of methoxy groups -OCH3 is 1. The maximum atomic E-state index is 5.71. The standard InChI is InChI=1S/C11H13IO2/c1-13-11-7-6-10(14-11)8-2-4-9(12)5-3-8/h2-5,10-11H,6-7H2,1H3/t10-,11-/m0/s1. The van der Waals surface area contributed by atoms with Gasteiger partial charge in [0.2, 0.25) is 0 Å². The molecule has 1 aromatic carbocycles. The highest BCUT2D eigenvalue weighted by Crippen LogP contribution is 2.32. The molecule has 0 amide bonds. The van der Waals surface area contributed by atoms with Gasteiger partial charge in [0, 0.05) is 17.1 Å². The molecule has 14 heavy (non-hydrogen) atoms. The van der Waals surface area contributed by atoms with Gasteiger partial charge in [0.15, 0.2) is 6.29 Å². The van der Waals surface area contributed by atoms with Gasteiger partial charge in [-0.3, -0.25) is 0 Å². The topological polar surface area (TPSA) is 18.5 Å². The first-order valence-electron chi connectivity index (χ1n) is 4.73. The fourth-order valence-corrected chi connectivity index (χ4v) is 2.06. The third kappa shape index (κ3) is 2.27. The number of ether oxygens (including phenoxy) is 2. The van der Waals surface area contributed by atoms with E-state index in [1.165, 1.54) is 9.13 Å². The maximum Gasteiger partial charge on any atom is 0.158 e. The summed E-state index contributed by atoms with van der Waals surface area (Å²) in [4.78, 5) is 0. The SMILES string of the molecule is CO[C@@H]1CC[C@@H](c2ccc(I)cc2)O1. The van der Waals surface area contributed by atoms with Crippen LogP contribution in [0, 0.1) is 3.57 Å². The summed E-state index contributed by atoms with van der Waals surface area (Å²) in [5.41, 5.74) is 1.25. The predicted octanol–water partition coefficient (Wildman–Crippen LogP) is 3.12. The minimum absolute atomic E-state index is 0.0146. The third-order valence-corrected chi connectivity index (χ3v) is 3.20. The zero-order chi connectivity index (χ0) is 9.97. The van der Waals surface area contributed by atoms with Crippen LogP contribution in [0.25, 0.3) is 0 Å². The van der Waals surface area contributed by atoms with E-state index in [1.807, 2.05) is 0 Å². The highest BCUT2D eigenvalue weighted by molar-refractivity contribution is 14.1. The molecular formula is C11H13IO2. The average Bonchev–Trinajstić information content (AvgIpc) is 2.67. The minimum Gasteiger partial charge on any atom is -0.356 e. The van der Waals surface area contributed by atoms with Crippen molar-refractivity contribution >= 4 is 22.6 Å². The monoisotopic (exact) mass is 304 g/mol. The number of hydrogen-bond acceptors (Lipinski definition) is 2. The van der Waals surface area contributed by atoms with Crippen LogP contribution in [-0.2, 0) is 9.47 Å². The Kier molecular flexibility index (Phi) is 3.41. The van der Waals surface area contributed by atoms with Crippen LogP contribution < -0.4 is 0 Å². The molecule has 0 spiro atoms. The summed E-state index contributed by atoms with van der Waals surface area (Å²) in [7, 11) is 1.70. The van der Waals surface area contributed by atoms with Crippen molar-refractivity contribution in [3.05, 3.63) is 33.4 Å². The highest BCUT2D eigenvalue weighted by Gasteiger charge is 2.25. The van der Waals surface area contributed by atoms with Crippen molar-refractivity contribution in [3.63, 3.8) is 0 Å². The van der Waals surface area contributed by atoms with Gasteiger partial charge in [0.1, 0.15) is 0 Å². The van der Waals surface area contributed by atoms with Crippen molar-refractivity contribution in [1.29, 1.82) is 0 Å². The van der Waals surface area contributed by atoms with E-state index in [-0.39, 0.29) is 12.4 Å². The van der Waals surface area contributed by atoms with Crippen LogP contribution in [0.5, 0.6) is 0 Å². The van der Waals surface area contributed by atoms with Crippen LogP contribution >= 0.6 is 22.6 Å². The normalized spacial score (nSPS) is 26.7. The van der Waals surface area contributed by atoms with Gasteiger partial charge < -0.3 is 9.47 Å². The summed E-state index contributed by atoms with van der Waals surface area (Å²) in [6.45, 7) is 0. The fraction of sp³-hybridized carbons (Fsp3) is 0.455. The smallest absolute Gasteiger partial charge is 0.158 e. The molecule has 0 N–H and O–H groups in total. The molecule has 0 unspecified atom stereocenters. The van der Waals surface area contributed by atoms with Crippen molar-refractivity contribution in [3.8, 4) is 0 Å². The van der Waals surface area contributed by atoms with Crippen LogP contribution in [0.4, 0.5) is 0 Å². The Morgan fingerprint density at radius 3 is 2.57 bits per heavy atom. The average molecular weight is 304 g/mol. The molecule has 1 fully saturated rings. The molecule has 2 atom stereocenters. The molecular weight excluding hydrogens is 291 g/mol. The zero-order valence-corrected chi connectivity index (χ0v) is 10.2. The first kappa shape index (κ1) is 10.4. The molecule has 0 saturated carbocycles. The Balaban J connectivity index is 2.06. The maximum absolute atomic E-state index is 5.71. The lowest BCUT2D eigenvalue weighted by molar-refractivity contribution is -0.115. The van der Waals surface area contributed by atoms with E-state index in [4.69, 9.17) is 9.47 Å². The van der Waals surface area contributed by atoms with Gasteiger partial charge in [-0.2, -0.15) is 0 Å². The number of benzene rings is 1. The number of rotatable bonds is 2. The molecule has 2 nitrogen and oxygen atoms in total. The van der Waals surface area contributed by atoms with Crippen molar-refractivity contribution < 1.29 is 9.47 Å². The van der Waals surface area contributed by atoms with Crippen LogP contribution in [0.1, 0.15) is 24.5 Å². The first-order valence-corrected chi connectivity index (χ1v) is 5.81. The van der Waals surface area contributed by atoms with E-state index in [9.17, 15) is 0 Å². The van der Waals surface area contributed by atoms with Gasteiger partial charge in [-0.05, 0) is 46.7 Å². The lowest BCUT2D eigenvalue weighted by Gasteiger charge is -2.12. The molecule has 76 valence electrons. The molecule has 1 saturated heterocycles. The van der Waals surface area contributed by atoms with Crippen molar-refractivity contribution in [2.24, 2.45) is 0 Å². The zero-order valence-electron chi connectivity index (χ0n) is 8.07. The summed E-state index contributed by atoms with van der Waals surface area (Å²) in [6, 6.07) is 8.48. The van der Waals surface area contributed by atoms with Crippen molar-refractivity contribution in [2.45, 2.75) is 25.2 Å². The minimum atomic E-state index is -0.0146. The Labute approximate surface area is 97.7 Å². The number of halogens is 1. The van der Waals surface area contributed by atoms with Crippen LogP contribution in [0.15, 0.2) is 24.3 Å². The van der Waals surface area contributed by atoms with E-state index in [0.717, 1.165) is 12.8 Å². The van der Waals surface area contributed by atoms with Gasteiger partial charge in [0.05, 0.1) is 6.10 Å². The Morgan fingerprint density at radius 1 is 1.29 bits per heavy atom. The third-order valence-electron chi connectivity index (χ3n) is 2.49. The summed E-state index contributed by atoms with van der Waals surface area (Å²) in [5, 5.41) is 0. The molecule has 3 heteroatoms. The quantitative estimate of drug-likeness (QED) is 0.782. The molecule has 0 bridgehead atoms. The fourth-order valence-electron chi connectivity index (χ4n) is 1.70. The molecule has 0 radical (unpaired) electrons. The van der Waals surface area contributed by atoms with E-state index in [2.05, 4.69) is 46.9 Å². The molecule has 2 rings (SSSR count). The molecule has 0 aromatic heterocycles.